The van der Waals surface area contributed by atoms with Crippen molar-refractivity contribution in [1.82, 2.24) is 20.4 Å². The number of imide groups is 1. The topological polar surface area (TPSA) is 100 Å². The highest BCUT2D eigenvalue weighted by molar-refractivity contribution is 6.06. The molecule has 0 radical (unpaired) electrons. The van der Waals surface area contributed by atoms with Crippen molar-refractivity contribution in [2.24, 2.45) is 0 Å². The number of hydrogen-bond donors (Lipinski definition) is 2. The summed E-state index contributed by atoms with van der Waals surface area (Å²) in [5, 5.41) is 4.57. The van der Waals surface area contributed by atoms with E-state index in [1.54, 1.807) is 0 Å². The van der Waals surface area contributed by atoms with E-state index in [4.69, 9.17) is 9.47 Å². The largest absolute Gasteiger partial charge is 0.345 e. The van der Waals surface area contributed by atoms with E-state index in [-0.39, 0.29) is 0 Å². The number of likely N-dealkylation sites (N-methyl/N-ethyl adjacent to an activating group) is 2. The third-order valence-corrected chi connectivity index (χ3v) is 3.41. The molecule has 0 unspecified atom stereocenters. The van der Waals surface area contributed by atoms with Crippen molar-refractivity contribution < 1.29 is 23.9 Å². The van der Waals surface area contributed by atoms with Gasteiger partial charge in [0.15, 0.2) is 0 Å². The van der Waals surface area contributed by atoms with Gasteiger partial charge in [-0.05, 0) is 0 Å². The Morgan fingerprint density at radius 2 is 1.61 bits per heavy atom. The number of carbonyl (C=O) groups excluding carboxylic acids is 3. The van der Waals surface area contributed by atoms with Crippen molar-refractivity contribution in [3.8, 4) is 0 Å². The molecule has 9 heteroatoms. The van der Waals surface area contributed by atoms with E-state index in [9.17, 15) is 14.4 Å². The Balaban J connectivity index is 2.67. The molecule has 2 atom stereocenters. The van der Waals surface area contributed by atoms with Gasteiger partial charge in [0.25, 0.3) is 17.5 Å². The maximum atomic E-state index is 12.1. The number of nitrogens with zero attached hydrogens (tertiary/aromatic N) is 2. The Labute approximate surface area is 103 Å². The normalized spacial score (nSPS) is 35.4. The molecular formula is C9H14N4O5. The van der Waals surface area contributed by atoms with Crippen LogP contribution in [-0.4, -0.2) is 67.7 Å². The molecule has 5 amide bonds. The fourth-order valence-corrected chi connectivity index (χ4v) is 2.40. The smallest absolute Gasteiger partial charge is 0.327 e. The Bertz CT molecular complexity index is 441. The van der Waals surface area contributed by atoms with E-state index in [2.05, 4.69) is 10.6 Å². The van der Waals surface area contributed by atoms with Crippen LogP contribution in [0.5, 0.6) is 0 Å². The van der Waals surface area contributed by atoms with Crippen LogP contribution in [0.15, 0.2) is 0 Å². The molecule has 2 fully saturated rings. The summed E-state index contributed by atoms with van der Waals surface area (Å²) in [5.41, 5.74) is -1.78. The van der Waals surface area contributed by atoms with Gasteiger partial charge in [0.1, 0.15) is 0 Å². The van der Waals surface area contributed by atoms with Gasteiger partial charge in [0.2, 0.25) is 0 Å². The molecule has 0 aliphatic carbocycles. The molecule has 2 rings (SSSR count). The molecule has 2 N–H and O–H groups in total. The van der Waals surface area contributed by atoms with Crippen molar-refractivity contribution in [3.05, 3.63) is 0 Å². The summed E-state index contributed by atoms with van der Waals surface area (Å²) in [6.45, 7) is 0. The van der Waals surface area contributed by atoms with Crippen LogP contribution in [0.25, 0.3) is 0 Å². The highest BCUT2D eigenvalue weighted by Gasteiger charge is 2.74. The number of methoxy groups -OCH3 is 2. The van der Waals surface area contributed by atoms with Gasteiger partial charge >= 0.3 is 12.1 Å². The van der Waals surface area contributed by atoms with Crippen LogP contribution in [0, 0.1) is 0 Å². The molecule has 0 aromatic heterocycles. The minimum atomic E-state index is -1.78. The summed E-state index contributed by atoms with van der Waals surface area (Å²) in [5.74, 6) is -2.47. The highest BCUT2D eigenvalue weighted by Crippen LogP contribution is 2.39. The number of hydrogen-bond acceptors (Lipinski definition) is 5. The van der Waals surface area contributed by atoms with Crippen molar-refractivity contribution >= 4 is 18.0 Å². The molecule has 2 saturated heterocycles. The first kappa shape index (κ1) is 12.6. The van der Waals surface area contributed by atoms with Crippen LogP contribution < -0.4 is 10.6 Å². The van der Waals surface area contributed by atoms with Crippen molar-refractivity contribution in [2.75, 3.05) is 28.3 Å². The average molecular weight is 258 g/mol. The van der Waals surface area contributed by atoms with Gasteiger partial charge in [0.05, 0.1) is 0 Å². The standard InChI is InChI=1S/C9H14N4O5/c1-12-7(16)11-9(18-4)8(12,17-3)5(14)10-6(15)13(9)2/h1-4H3,(H,11,16)(H,10,14,15)/t8-,9+/m1/s1. The summed E-state index contributed by atoms with van der Waals surface area (Å²) in [6.07, 6.45) is 0. The number of carbonyl (C=O) groups is 3. The summed E-state index contributed by atoms with van der Waals surface area (Å²) in [7, 11) is 5.30. The highest BCUT2D eigenvalue weighted by atomic mass is 16.6. The Morgan fingerprint density at radius 1 is 1.00 bits per heavy atom. The van der Waals surface area contributed by atoms with Crippen LogP contribution in [0.3, 0.4) is 0 Å². The molecule has 0 aromatic rings. The van der Waals surface area contributed by atoms with E-state index in [1.165, 1.54) is 28.3 Å². The van der Waals surface area contributed by atoms with E-state index >= 15 is 0 Å². The van der Waals surface area contributed by atoms with Gasteiger partial charge in [-0.3, -0.25) is 25.2 Å². The second-order valence-electron chi connectivity index (χ2n) is 4.00. The number of urea groups is 2. The first-order valence-corrected chi connectivity index (χ1v) is 5.13. The van der Waals surface area contributed by atoms with Gasteiger partial charge < -0.3 is 9.47 Å². The van der Waals surface area contributed by atoms with E-state index in [0.29, 0.717) is 0 Å². The lowest BCUT2D eigenvalue weighted by Crippen LogP contribution is -2.81. The quantitative estimate of drug-likeness (QED) is 0.625. The minimum Gasteiger partial charge on any atom is -0.345 e. The molecule has 18 heavy (non-hydrogen) atoms. The van der Waals surface area contributed by atoms with Crippen molar-refractivity contribution in [3.63, 3.8) is 0 Å². The zero-order chi connectivity index (χ0) is 13.7. The summed E-state index contributed by atoms with van der Waals surface area (Å²) in [6, 6.07) is -1.28. The summed E-state index contributed by atoms with van der Waals surface area (Å²) >= 11 is 0. The van der Waals surface area contributed by atoms with E-state index in [0.717, 1.165) is 9.80 Å². The predicted molar refractivity (Wildman–Crippen MR) is 57.1 cm³/mol. The van der Waals surface area contributed by atoms with Crippen molar-refractivity contribution in [2.45, 2.75) is 11.6 Å². The molecule has 100 valence electrons. The second kappa shape index (κ2) is 3.56. The third-order valence-electron chi connectivity index (χ3n) is 3.41. The number of amides is 5. The predicted octanol–water partition coefficient (Wildman–Crippen LogP) is -1.53. The first-order valence-electron chi connectivity index (χ1n) is 5.13. The van der Waals surface area contributed by atoms with E-state index in [1.807, 2.05) is 0 Å². The van der Waals surface area contributed by atoms with Gasteiger partial charge in [-0.25, -0.2) is 9.59 Å². The van der Waals surface area contributed by atoms with Gasteiger partial charge in [-0.1, -0.05) is 0 Å². The Hall–Kier alpha value is -1.87. The maximum Gasteiger partial charge on any atom is 0.327 e. The molecule has 0 aromatic carbocycles. The molecule has 2 aliphatic rings. The third kappa shape index (κ3) is 1.05. The lowest BCUT2D eigenvalue weighted by molar-refractivity contribution is -0.263. The van der Waals surface area contributed by atoms with Gasteiger partial charge in [-0.2, -0.15) is 0 Å². The molecule has 2 heterocycles. The van der Waals surface area contributed by atoms with Crippen LogP contribution in [0.1, 0.15) is 0 Å². The summed E-state index contributed by atoms with van der Waals surface area (Å²) < 4.78 is 10.5. The molecular weight excluding hydrogens is 244 g/mol. The SMILES string of the molecule is CO[C@]12NC(=O)N(C)[C@@]1(OC)C(=O)NC(=O)N2C. The van der Waals surface area contributed by atoms with Crippen LogP contribution in [0.4, 0.5) is 9.59 Å². The number of rotatable bonds is 2. The van der Waals surface area contributed by atoms with Crippen LogP contribution in [-0.2, 0) is 14.3 Å². The van der Waals surface area contributed by atoms with Gasteiger partial charge in [-0.15, -0.1) is 0 Å². The lowest BCUT2D eigenvalue weighted by atomic mass is 10.0. The lowest BCUT2D eigenvalue weighted by Gasteiger charge is -2.49. The summed E-state index contributed by atoms with van der Waals surface area (Å²) in [4.78, 5) is 37.7. The fourth-order valence-electron chi connectivity index (χ4n) is 2.40. The number of fused-ring (bicyclic) bond motifs is 1. The zero-order valence-corrected chi connectivity index (χ0v) is 10.4. The number of ether oxygens (including phenoxy) is 2. The second-order valence-corrected chi connectivity index (χ2v) is 4.00. The molecule has 9 nitrogen and oxygen atoms in total. The van der Waals surface area contributed by atoms with Gasteiger partial charge in [0, 0.05) is 28.3 Å². The maximum absolute atomic E-state index is 12.1. The number of nitrogens with one attached hydrogen (secondary N) is 2. The zero-order valence-electron chi connectivity index (χ0n) is 10.4. The molecule has 0 saturated carbocycles. The van der Waals surface area contributed by atoms with Crippen molar-refractivity contribution in [1.29, 1.82) is 0 Å². The Morgan fingerprint density at radius 3 is 2.11 bits per heavy atom. The molecule has 0 spiro atoms. The molecule has 0 bridgehead atoms. The minimum absolute atomic E-state index is 0.588. The monoisotopic (exact) mass is 258 g/mol. The average Bonchev–Trinajstić information content (AvgIpc) is 2.58. The fraction of sp³-hybridized carbons (Fsp3) is 0.667. The van der Waals surface area contributed by atoms with Crippen LogP contribution >= 0.6 is 0 Å². The van der Waals surface area contributed by atoms with E-state index < -0.39 is 29.5 Å². The molecule has 2 aliphatic heterocycles. The van der Waals surface area contributed by atoms with Crippen LogP contribution in [0.2, 0.25) is 0 Å². The first-order chi connectivity index (χ1) is 8.37. The Kier molecular flexibility index (Phi) is 2.49.